The molecule has 0 radical (unpaired) electrons. The summed E-state index contributed by atoms with van der Waals surface area (Å²) in [7, 11) is 0. The average Bonchev–Trinajstić information content (AvgIpc) is 3.38. The fourth-order valence-electron chi connectivity index (χ4n) is 3.31. The van der Waals surface area contributed by atoms with Gasteiger partial charge in [0.25, 0.3) is 11.6 Å². The number of nitrogens with zero attached hydrogens (tertiary/aromatic N) is 2. The van der Waals surface area contributed by atoms with Crippen LogP contribution in [-0.2, 0) is 4.79 Å². The molecule has 2 N–H and O–H groups in total. The van der Waals surface area contributed by atoms with Crippen molar-refractivity contribution in [1.82, 2.24) is 4.90 Å². The minimum Gasteiger partial charge on any atom is -0.481 e. The predicted molar refractivity (Wildman–Crippen MR) is 90.6 cm³/mol. The van der Waals surface area contributed by atoms with Crippen molar-refractivity contribution in [2.45, 2.75) is 44.7 Å². The van der Waals surface area contributed by atoms with Gasteiger partial charge >= 0.3 is 5.97 Å². The standard InChI is InChI=1S/C17H21N3O5/c1-10-13(17(22)23)3-2-8-19(10)16(21)11-4-7-14(18-12-5-6-12)15(9-11)20(24)25/h4,7,9-10,12-13,18H,2-3,5-6,8H2,1H3,(H,22,23)/t10-,13-/m1/s1. The number of nitro groups is 1. The highest BCUT2D eigenvalue weighted by Crippen LogP contribution is 2.32. The van der Waals surface area contributed by atoms with Crippen molar-refractivity contribution in [3.8, 4) is 0 Å². The van der Waals surface area contributed by atoms with Gasteiger partial charge in [-0.05, 0) is 44.7 Å². The first-order chi connectivity index (χ1) is 11.9. The van der Waals surface area contributed by atoms with Crippen molar-refractivity contribution in [3.63, 3.8) is 0 Å². The first-order valence-corrected chi connectivity index (χ1v) is 8.47. The quantitative estimate of drug-likeness (QED) is 0.625. The first-order valence-electron chi connectivity index (χ1n) is 8.47. The van der Waals surface area contributed by atoms with E-state index in [1.165, 1.54) is 11.0 Å². The van der Waals surface area contributed by atoms with Gasteiger partial charge < -0.3 is 15.3 Å². The van der Waals surface area contributed by atoms with Gasteiger partial charge in [0.05, 0.1) is 10.8 Å². The zero-order valence-electron chi connectivity index (χ0n) is 14.0. The van der Waals surface area contributed by atoms with E-state index in [1.54, 1.807) is 19.1 Å². The number of carbonyl (C=O) groups excluding carboxylic acids is 1. The second-order valence-electron chi connectivity index (χ2n) is 6.73. The van der Waals surface area contributed by atoms with Crippen LogP contribution in [0.2, 0.25) is 0 Å². The minimum atomic E-state index is -0.917. The lowest BCUT2D eigenvalue weighted by molar-refractivity contribution is -0.384. The van der Waals surface area contributed by atoms with Crippen LogP contribution < -0.4 is 5.32 Å². The maximum absolute atomic E-state index is 12.8. The van der Waals surface area contributed by atoms with E-state index in [2.05, 4.69) is 5.32 Å². The molecule has 134 valence electrons. The van der Waals surface area contributed by atoms with E-state index in [-0.39, 0.29) is 23.2 Å². The number of hydrogen-bond acceptors (Lipinski definition) is 5. The zero-order chi connectivity index (χ0) is 18.1. The number of anilines is 1. The topological polar surface area (TPSA) is 113 Å². The summed E-state index contributed by atoms with van der Waals surface area (Å²) in [5.74, 6) is -1.89. The third-order valence-electron chi connectivity index (χ3n) is 4.94. The van der Waals surface area contributed by atoms with Crippen LogP contribution in [0.25, 0.3) is 0 Å². The van der Waals surface area contributed by atoms with Crippen LogP contribution in [-0.4, -0.2) is 45.4 Å². The molecule has 25 heavy (non-hydrogen) atoms. The number of nitro benzene ring substituents is 1. The highest BCUT2D eigenvalue weighted by Gasteiger charge is 2.36. The van der Waals surface area contributed by atoms with Gasteiger partial charge in [-0.3, -0.25) is 19.7 Å². The lowest BCUT2D eigenvalue weighted by Crippen LogP contribution is -2.49. The van der Waals surface area contributed by atoms with Gasteiger partial charge in [0.15, 0.2) is 0 Å². The Labute approximate surface area is 145 Å². The molecule has 1 aromatic rings. The number of piperidine rings is 1. The molecule has 1 saturated heterocycles. The second-order valence-corrected chi connectivity index (χ2v) is 6.73. The van der Waals surface area contributed by atoms with E-state index in [0.717, 1.165) is 12.8 Å². The van der Waals surface area contributed by atoms with Gasteiger partial charge in [0, 0.05) is 30.3 Å². The molecule has 1 amide bonds. The summed E-state index contributed by atoms with van der Waals surface area (Å²) in [5, 5.41) is 23.7. The van der Waals surface area contributed by atoms with Gasteiger partial charge in [-0.2, -0.15) is 0 Å². The Kier molecular flexibility index (Phi) is 4.61. The summed E-state index contributed by atoms with van der Waals surface area (Å²) in [6, 6.07) is 4.23. The largest absolute Gasteiger partial charge is 0.481 e. The SMILES string of the molecule is C[C@@H]1[C@H](C(=O)O)CCCN1C(=O)c1ccc(NC2CC2)c([N+](=O)[O-])c1. The van der Waals surface area contributed by atoms with Crippen molar-refractivity contribution in [2.75, 3.05) is 11.9 Å². The predicted octanol–water partition coefficient (Wildman–Crippen LogP) is 2.49. The maximum atomic E-state index is 12.8. The monoisotopic (exact) mass is 347 g/mol. The van der Waals surface area contributed by atoms with Crippen molar-refractivity contribution in [1.29, 1.82) is 0 Å². The highest BCUT2D eigenvalue weighted by atomic mass is 16.6. The molecule has 3 rings (SSSR count). The number of nitrogens with one attached hydrogen (secondary N) is 1. The van der Waals surface area contributed by atoms with Gasteiger partial charge in [-0.15, -0.1) is 0 Å². The fourth-order valence-corrected chi connectivity index (χ4v) is 3.31. The molecule has 0 aromatic heterocycles. The lowest BCUT2D eigenvalue weighted by Gasteiger charge is -2.37. The van der Waals surface area contributed by atoms with Gasteiger partial charge in [-0.25, -0.2) is 0 Å². The van der Waals surface area contributed by atoms with E-state index in [0.29, 0.717) is 25.1 Å². The Hall–Kier alpha value is -2.64. The molecule has 0 bridgehead atoms. The molecular weight excluding hydrogens is 326 g/mol. The average molecular weight is 347 g/mol. The summed E-state index contributed by atoms with van der Waals surface area (Å²) in [4.78, 5) is 36.5. The third kappa shape index (κ3) is 3.57. The number of hydrogen-bond donors (Lipinski definition) is 2. The summed E-state index contributed by atoms with van der Waals surface area (Å²) < 4.78 is 0. The van der Waals surface area contributed by atoms with Crippen LogP contribution in [0.3, 0.4) is 0 Å². The van der Waals surface area contributed by atoms with Crippen LogP contribution in [0.4, 0.5) is 11.4 Å². The summed E-state index contributed by atoms with van der Waals surface area (Å²) in [5.41, 5.74) is 0.502. The number of benzene rings is 1. The van der Waals surface area contributed by atoms with Crippen LogP contribution in [0, 0.1) is 16.0 Å². The molecule has 2 atom stereocenters. The molecule has 0 spiro atoms. The van der Waals surface area contributed by atoms with Crippen LogP contribution in [0.1, 0.15) is 43.0 Å². The van der Waals surface area contributed by atoms with Crippen LogP contribution >= 0.6 is 0 Å². The Morgan fingerprint density at radius 2 is 2.04 bits per heavy atom. The third-order valence-corrected chi connectivity index (χ3v) is 4.94. The Morgan fingerprint density at radius 1 is 1.32 bits per heavy atom. The fraction of sp³-hybridized carbons (Fsp3) is 0.529. The lowest BCUT2D eigenvalue weighted by atomic mass is 9.90. The van der Waals surface area contributed by atoms with Crippen molar-refractivity contribution < 1.29 is 19.6 Å². The Morgan fingerprint density at radius 3 is 2.64 bits per heavy atom. The Balaban J connectivity index is 1.84. The number of carbonyl (C=O) groups is 2. The number of carboxylic acid groups (broad SMARTS) is 1. The van der Waals surface area contributed by atoms with Crippen molar-refractivity contribution in [3.05, 3.63) is 33.9 Å². The smallest absolute Gasteiger partial charge is 0.308 e. The molecule has 8 nitrogen and oxygen atoms in total. The summed E-state index contributed by atoms with van der Waals surface area (Å²) in [6.45, 7) is 2.17. The number of likely N-dealkylation sites (tertiary alicyclic amines) is 1. The number of amides is 1. The van der Waals surface area contributed by atoms with E-state index >= 15 is 0 Å². The van der Waals surface area contributed by atoms with E-state index in [9.17, 15) is 24.8 Å². The number of rotatable bonds is 5. The zero-order valence-corrected chi connectivity index (χ0v) is 14.0. The normalized spacial score (nSPS) is 23.2. The molecule has 2 fully saturated rings. The number of carboxylic acids is 1. The van der Waals surface area contributed by atoms with Gasteiger partial charge in [-0.1, -0.05) is 0 Å². The van der Waals surface area contributed by atoms with E-state index < -0.39 is 22.9 Å². The van der Waals surface area contributed by atoms with Gasteiger partial charge in [0.1, 0.15) is 5.69 Å². The molecular formula is C17H21N3O5. The molecule has 1 saturated carbocycles. The van der Waals surface area contributed by atoms with Crippen LogP contribution in [0.15, 0.2) is 18.2 Å². The van der Waals surface area contributed by atoms with Gasteiger partial charge in [0.2, 0.25) is 0 Å². The van der Waals surface area contributed by atoms with Crippen molar-refractivity contribution >= 4 is 23.3 Å². The van der Waals surface area contributed by atoms with Crippen molar-refractivity contribution in [2.24, 2.45) is 5.92 Å². The molecule has 2 aliphatic rings. The highest BCUT2D eigenvalue weighted by molar-refractivity contribution is 5.96. The number of aliphatic carboxylic acids is 1. The van der Waals surface area contributed by atoms with E-state index in [1.807, 2.05) is 0 Å². The Bertz CT molecular complexity index is 716. The minimum absolute atomic E-state index is 0.128. The summed E-state index contributed by atoms with van der Waals surface area (Å²) in [6.07, 6.45) is 3.11. The van der Waals surface area contributed by atoms with E-state index in [4.69, 9.17) is 0 Å². The summed E-state index contributed by atoms with van der Waals surface area (Å²) >= 11 is 0. The maximum Gasteiger partial charge on any atom is 0.308 e. The molecule has 1 aliphatic carbocycles. The van der Waals surface area contributed by atoms with Crippen LogP contribution in [0.5, 0.6) is 0 Å². The molecule has 0 unspecified atom stereocenters. The second kappa shape index (κ2) is 6.70. The first kappa shape index (κ1) is 17.2. The molecule has 8 heteroatoms. The molecule has 1 aromatic carbocycles. The molecule has 1 heterocycles. The molecule has 1 aliphatic heterocycles.